The van der Waals surface area contributed by atoms with Gasteiger partial charge in [-0.05, 0) is 39.0 Å². The van der Waals surface area contributed by atoms with Gasteiger partial charge in [-0.25, -0.2) is 4.79 Å². The highest BCUT2D eigenvalue weighted by atomic mass is 16.5. The van der Waals surface area contributed by atoms with Crippen molar-refractivity contribution in [2.24, 2.45) is 5.92 Å². The highest BCUT2D eigenvalue weighted by Crippen LogP contribution is 2.39. The Bertz CT molecular complexity index is 381. The van der Waals surface area contributed by atoms with Crippen LogP contribution in [-0.4, -0.2) is 24.8 Å². The zero-order valence-corrected chi connectivity index (χ0v) is 11.4. The predicted molar refractivity (Wildman–Crippen MR) is 70.1 cm³/mol. The lowest BCUT2D eigenvalue weighted by Crippen LogP contribution is -2.41. The standard InChI is InChI=1S/C15H22O3/c1-11(2)18-15-8-5-4-6-12(7-9-15)10-13(15)14(16)17-3/h7,9-12H,4-6,8H2,1-3H3/t12-,15-/m1/s1. The van der Waals surface area contributed by atoms with Crippen LogP contribution in [0.2, 0.25) is 0 Å². The van der Waals surface area contributed by atoms with E-state index in [0.717, 1.165) is 19.3 Å². The fourth-order valence-corrected chi connectivity index (χ4v) is 2.88. The molecule has 0 aromatic heterocycles. The zero-order valence-electron chi connectivity index (χ0n) is 11.4. The van der Waals surface area contributed by atoms with E-state index < -0.39 is 5.60 Å². The van der Waals surface area contributed by atoms with Gasteiger partial charge in [-0.3, -0.25) is 0 Å². The van der Waals surface area contributed by atoms with Crippen molar-refractivity contribution in [3.8, 4) is 0 Å². The smallest absolute Gasteiger partial charge is 0.336 e. The van der Waals surface area contributed by atoms with Crippen molar-refractivity contribution in [3.63, 3.8) is 0 Å². The minimum atomic E-state index is -0.571. The number of rotatable bonds is 3. The van der Waals surface area contributed by atoms with E-state index in [0.29, 0.717) is 11.5 Å². The molecule has 0 unspecified atom stereocenters. The topological polar surface area (TPSA) is 35.5 Å². The minimum absolute atomic E-state index is 0.0821. The van der Waals surface area contributed by atoms with Gasteiger partial charge in [-0.15, -0.1) is 0 Å². The molecule has 0 radical (unpaired) electrons. The highest BCUT2D eigenvalue weighted by molar-refractivity contribution is 5.91. The van der Waals surface area contributed by atoms with Crippen molar-refractivity contribution in [1.82, 2.24) is 0 Å². The number of methoxy groups -OCH3 is 1. The van der Waals surface area contributed by atoms with Crippen molar-refractivity contribution >= 4 is 5.97 Å². The van der Waals surface area contributed by atoms with Crippen molar-refractivity contribution < 1.29 is 14.3 Å². The Labute approximate surface area is 109 Å². The van der Waals surface area contributed by atoms with Gasteiger partial charge in [0.05, 0.1) is 18.8 Å². The minimum Gasteiger partial charge on any atom is -0.466 e. The molecule has 100 valence electrons. The van der Waals surface area contributed by atoms with E-state index in [9.17, 15) is 4.79 Å². The monoisotopic (exact) mass is 250 g/mol. The van der Waals surface area contributed by atoms with Gasteiger partial charge in [0.15, 0.2) is 0 Å². The molecule has 0 aromatic carbocycles. The van der Waals surface area contributed by atoms with Crippen molar-refractivity contribution in [3.05, 3.63) is 23.8 Å². The average Bonchev–Trinajstić information content (AvgIpc) is 2.30. The van der Waals surface area contributed by atoms with Gasteiger partial charge < -0.3 is 9.47 Å². The molecule has 0 heterocycles. The van der Waals surface area contributed by atoms with Crippen LogP contribution in [0.5, 0.6) is 0 Å². The summed E-state index contributed by atoms with van der Waals surface area (Å²) in [6.45, 7) is 4.00. The molecule has 0 amide bonds. The molecule has 0 aromatic rings. The summed E-state index contributed by atoms with van der Waals surface area (Å²) >= 11 is 0. The van der Waals surface area contributed by atoms with Gasteiger partial charge in [0, 0.05) is 0 Å². The summed E-state index contributed by atoms with van der Waals surface area (Å²) in [4.78, 5) is 12.0. The molecule has 2 bridgehead atoms. The van der Waals surface area contributed by atoms with E-state index in [2.05, 4.69) is 12.2 Å². The first-order valence-electron chi connectivity index (χ1n) is 6.75. The SMILES string of the molecule is COC(=O)C1=C[C@H]2C=C[C@]1(OC(C)C)CCCC2. The third kappa shape index (κ3) is 2.51. The second-order valence-corrected chi connectivity index (χ2v) is 5.40. The molecule has 3 rings (SSSR count). The van der Waals surface area contributed by atoms with Crippen LogP contribution in [0.4, 0.5) is 0 Å². The first-order chi connectivity index (χ1) is 8.57. The predicted octanol–water partition coefficient (Wildman–Crippen LogP) is 3.01. The van der Waals surface area contributed by atoms with Crippen LogP contribution in [0, 0.1) is 5.92 Å². The Morgan fingerprint density at radius 3 is 2.89 bits per heavy atom. The summed E-state index contributed by atoms with van der Waals surface area (Å²) in [5.74, 6) is 0.0928. The second kappa shape index (κ2) is 5.27. The molecule has 18 heavy (non-hydrogen) atoms. The second-order valence-electron chi connectivity index (χ2n) is 5.40. The van der Waals surface area contributed by atoms with E-state index >= 15 is 0 Å². The first-order valence-corrected chi connectivity index (χ1v) is 6.75. The number of carbonyl (C=O) groups excluding carboxylic acids is 1. The molecule has 3 heteroatoms. The molecule has 2 atom stereocenters. The molecule has 3 aliphatic carbocycles. The third-order valence-electron chi connectivity index (χ3n) is 3.64. The molecule has 0 fully saturated rings. The molecule has 3 nitrogen and oxygen atoms in total. The van der Waals surface area contributed by atoms with E-state index in [-0.39, 0.29) is 12.1 Å². The summed E-state index contributed by atoms with van der Waals surface area (Å²) in [5.41, 5.74) is 0.115. The molecule has 3 aliphatic rings. The molecule has 0 spiro atoms. The summed E-state index contributed by atoms with van der Waals surface area (Å²) in [5, 5.41) is 0. The fourth-order valence-electron chi connectivity index (χ4n) is 2.88. The van der Waals surface area contributed by atoms with Crippen LogP contribution in [-0.2, 0) is 14.3 Å². The molecule has 0 N–H and O–H groups in total. The van der Waals surface area contributed by atoms with E-state index in [1.807, 2.05) is 19.9 Å². The number of ether oxygens (including phenoxy) is 2. The first kappa shape index (κ1) is 13.3. The highest BCUT2D eigenvalue weighted by Gasteiger charge is 2.41. The number of fused-ring (bicyclic) bond motifs is 3. The van der Waals surface area contributed by atoms with E-state index in [4.69, 9.17) is 9.47 Å². The molecule has 0 aliphatic heterocycles. The van der Waals surface area contributed by atoms with Gasteiger partial charge >= 0.3 is 5.97 Å². The van der Waals surface area contributed by atoms with Gasteiger partial charge in [0.2, 0.25) is 0 Å². The maximum Gasteiger partial charge on any atom is 0.336 e. The zero-order chi connectivity index (χ0) is 13.2. The Kier molecular flexibility index (Phi) is 3.91. The van der Waals surface area contributed by atoms with Crippen molar-refractivity contribution in [2.75, 3.05) is 7.11 Å². The molecule has 0 saturated heterocycles. The number of hydrogen-bond acceptors (Lipinski definition) is 3. The van der Waals surface area contributed by atoms with Gasteiger partial charge in [-0.2, -0.15) is 0 Å². The number of hydrogen-bond donors (Lipinski definition) is 0. The van der Waals surface area contributed by atoms with Crippen LogP contribution < -0.4 is 0 Å². The summed E-state index contributed by atoms with van der Waals surface area (Å²) < 4.78 is 11.0. The van der Waals surface area contributed by atoms with Gasteiger partial charge in [0.25, 0.3) is 0 Å². The van der Waals surface area contributed by atoms with Crippen molar-refractivity contribution in [2.45, 2.75) is 51.2 Å². The summed E-state index contributed by atoms with van der Waals surface area (Å²) in [6.07, 6.45) is 10.6. The average molecular weight is 250 g/mol. The maximum atomic E-state index is 12.0. The fraction of sp³-hybridized carbons (Fsp3) is 0.667. The van der Waals surface area contributed by atoms with Crippen LogP contribution in [0.15, 0.2) is 23.8 Å². The lowest BCUT2D eigenvalue weighted by molar-refractivity contribution is -0.140. The van der Waals surface area contributed by atoms with Crippen LogP contribution in [0.25, 0.3) is 0 Å². The van der Waals surface area contributed by atoms with Gasteiger partial charge in [-0.1, -0.05) is 24.6 Å². The Balaban J connectivity index is 2.38. The van der Waals surface area contributed by atoms with E-state index in [1.165, 1.54) is 13.5 Å². The molecular formula is C15H22O3. The van der Waals surface area contributed by atoms with Crippen LogP contribution in [0.3, 0.4) is 0 Å². The van der Waals surface area contributed by atoms with Gasteiger partial charge in [0.1, 0.15) is 5.60 Å². The Morgan fingerprint density at radius 2 is 2.22 bits per heavy atom. The summed E-state index contributed by atoms with van der Waals surface area (Å²) in [6, 6.07) is 0. The third-order valence-corrected chi connectivity index (χ3v) is 3.64. The van der Waals surface area contributed by atoms with E-state index in [1.54, 1.807) is 0 Å². The van der Waals surface area contributed by atoms with Crippen molar-refractivity contribution in [1.29, 1.82) is 0 Å². The lowest BCUT2D eigenvalue weighted by atomic mass is 9.76. The Hall–Kier alpha value is -1.09. The number of carbonyl (C=O) groups is 1. The Morgan fingerprint density at radius 1 is 1.44 bits per heavy atom. The quantitative estimate of drug-likeness (QED) is 0.570. The largest absolute Gasteiger partial charge is 0.466 e. The molecule has 0 saturated carbocycles. The molecular weight excluding hydrogens is 228 g/mol. The summed E-state index contributed by atoms with van der Waals surface area (Å²) in [7, 11) is 1.43. The normalized spacial score (nSPS) is 30.9. The van der Waals surface area contributed by atoms with Crippen LogP contribution in [0.1, 0.15) is 39.5 Å². The number of allylic oxidation sites excluding steroid dienone is 2. The number of esters is 1. The lowest BCUT2D eigenvalue weighted by Gasteiger charge is -2.39. The van der Waals surface area contributed by atoms with Crippen LogP contribution >= 0.6 is 0 Å². The maximum absolute atomic E-state index is 12.0.